The van der Waals surface area contributed by atoms with Crippen LogP contribution in [0.5, 0.6) is 5.88 Å². The van der Waals surface area contributed by atoms with Gasteiger partial charge in [-0.3, -0.25) is 0 Å². The van der Waals surface area contributed by atoms with E-state index in [1.807, 2.05) is 4.90 Å². The number of hydrogen-bond acceptors (Lipinski definition) is 4. The summed E-state index contributed by atoms with van der Waals surface area (Å²) < 4.78 is 5.13. The van der Waals surface area contributed by atoms with E-state index in [0.717, 1.165) is 19.4 Å². The Morgan fingerprint density at radius 1 is 1.40 bits per heavy atom. The van der Waals surface area contributed by atoms with Crippen molar-refractivity contribution in [2.45, 2.75) is 38.1 Å². The topological polar surface area (TPSA) is 67.4 Å². The van der Waals surface area contributed by atoms with Crippen LogP contribution in [0.15, 0.2) is 12.5 Å². The van der Waals surface area contributed by atoms with Gasteiger partial charge in [0, 0.05) is 12.6 Å². The number of carbonyl (C=O) groups excluding carboxylic acids is 1. The van der Waals surface area contributed by atoms with Crippen molar-refractivity contribution in [1.29, 1.82) is 0 Å². The van der Waals surface area contributed by atoms with Crippen molar-refractivity contribution in [3.8, 4) is 5.88 Å². The molecule has 1 atom stereocenters. The lowest BCUT2D eigenvalue weighted by Crippen LogP contribution is -2.44. The van der Waals surface area contributed by atoms with Crippen molar-refractivity contribution in [2.75, 3.05) is 19.0 Å². The summed E-state index contributed by atoms with van der Waals surface area (Å²) >= 11 is 0. The van der Waals surface area contributed by atoms with Crippen LogP contribution in [0.4, 0.5) is 10.5 Å². The lowest BCUT2D eigenvalue weighted by molar-refractivity contribution is 0.147. The molecule has 1 saturated heterocycles. The fourth-order valence-corrected chi connectivity index (χ4v) is 3.11. The van der Waals surface area contributed by atoms with E-state index >= 15 is 0 Å². The van der Waals surface area contributed by atoms with Crippen LogP contribution >= 0.6 is 0 Å². The fourth-order valence-electron chi connectivity index (χ4n) is 3.11. The largest absolute Gasteiger partial charge is 0.479 e. The fraction of sp³-hybridized carbons (Fsp3) is 0.643. The number of carbonyl (C=O) groups is 1. The standard InChI is InChI=1S/C14H20N4O2/c1-20-13-11(8-15-9-16-13)17-14(19)18-7-3-6-12(18)10-4-2-5-10/h8-10,12H,2-7H2,1H3,(H,17,19)/t12-/m1/s1. The number of amides is 2. The Morgan fingerprint density at radius 2 is 2.25 bits per heavy atom. The highest BCUT2D eigenvalue weighted by Gasteiger charge is 2.37. The molecule has 6 nitrogen and oxygen atoms in total. The van der Waals surface area contributed by atoms with Crippen molar-refractivity contribution >= 4 is 11.7 Å². The zero-order valence-corrected chi connectivity index (χ0v) is 11.7. The second kappa shape index (κ2) is 5.64. The van der Waals surface area contributed by atoms with Gasteiger partial charge in [-0.15, -0.1) is 0 Å². The van der Waals surface area contributed by atoms with Crippen molar-refractivity contribution in [1.82, 2.24) is 14.9 Å². The summed E-state index contributed by atoms with van der Waals surface area (Å²) in [6, 6.07) is 0.340. The minimum atomic E-state index is -0.0625. The lowest BCUT2D eigenvalue weighted by atomic mass is 9.79. The van der Waals surface area contributed by atoms with E-state index in [2.05, 4.69) is 15.3 Å². The Kier molecular flexibility index (Phi) is 3.71. The lowest BCUT2D eigenvalue weighted by Gasteiger charge is -2.36. The second-order valence-electron chi connectivity index (χ2n) is 5.47. The van der Waals surface area contributed by atoms with Crippen LogP contribution < -0.4 is 10.1 Å². The Labute approximate surface area is 118 Å². The quantitative estimate of drug-likeness (QED) is 0.919. The van der Waals surface area contributed by atoms with E-state index in [9.17, 15) is 4.79 Å². The first-order chi connectivity index (χ1) is 9.79. The number of likely N-dealkylation sites (tertiary alicyclic amines) is 1. The molecule has 1 aliphatic heterocycles. The third-order valence-electron chi connectivity index (χ3n) is 4.36. The highest BCUT2D eigenvalue weighted by atomic mass is 16.5. The molecule has 0 radical (unpaired) electrons. The Bertz CT molecular complexity index is 490. The Morgan fingerprint density at radius 3 is 2.95 bits per heavy atom. The molecular weight excluding hydrogens is 256 g/mol. The summed E-state index contributed by atoms with van der Waals surface area (Å²) in [4.78, 5) is 22.3. The zero-order chi connectivity index (χ0) is 13.9. The number of hydrogen-bond donors (Lipinski definition) is 1. The summed E-state index contributed by atoms with van der Waals surface area (Å²) in [7, 11) is 1.53. The molecule has 1 aromatic heterocycles. The molecule has 2 amide bonds. The summed E-state index contributed by atoms with van der Waals surface area (Å²) in [6.45, 7) is 0.836. The molecule has 0 bridgehead atoms. The first-order valence-electron chi connectivity index (χ1n) is 7.21. The molecule has 2 heterocycles. The van der Waals surface area contributed by atoms with Crippen LogP contribution in [0.3, 0.4) is 0 Å². The van der Waals surface area contributed by atoms with Crippen molar-refractivity contribution in [2.24, 2.45) is 5.92 Å². The molecule has 0 aromatic carbocycles. The number of ether oxygens (including phenoxy) is 1. The van der Waals surface area contributed by atoms with Crippen LogP contribution in [-0.4, -0.2) is 40.6 Å². The molecule has 0 spiro atoms. The number of rotatable bonds is 3. The Hall–Kier alpha value is -1.85. The van der Waals surface area contributed by atoms with Gasteiger partial charge in [0.15, 0.2) is 0 Å². The molecule has 1 aromatic rings. The first kappa shape index (κ1) is 13.1. The van der Waals surface area contributed by atoms with Crippen molar-refractivity contribution < 1.29 is 9.53 Å². The molecule has 6 heteroatoms. The average molecular weight is 276 g/mol. The maximum Gasteiger partial charge on any atom is 0.322 e. The summed E-state index contributed by atoms with van der Waals surface area (Å²) in [5, 5.41) is 2.87. The number of aromatic nitrogens is 2. The Balaban J connectivity index is 1.69. The molecule has 1 saturated carbocycles. The van der Waals surface area contributed by atoms with Gasteiger partial charge < -0.3 is 15.0 Å². The molecule has 20 heavy (non-hydrogen) atoms. The van der Waals surface area contributed by atoms with E-state index in [0.29, 0.717) is 23.5 Å². The zero-order valence-electron chi connectivity index (χ0n) is 11.7. The third kappa shape index (κ3) is 2.42. The number of nitrogens with zero attached hydrogens (tertiary/aromatic N) is 3. The smallest absolute Gasteiger partial charge is 0.322 e. The second-order valence-corrected chi connectivity index (χ2v) is 5.47. The van der Waals surface area contributed by atoms with Gasteiger partial charge in [-0.1, -0.05) is 6.42 Å². The van der Waals surface area contributed by atoms with Gasteiger partial charge in [-0.2, -0.15) is 4.98 Å². The minimum Gasteiger partial charge on any atom is -0.479 e. The normalized spacial score (nSPS) is 22.4. The molecule has 1 N–H and O–H groups in total. The van der Waals surface area contributed by atoms with Gasteiger partial charge >= 0.3 is 6.03 Å². The maximum absolute atomic E-state index is 12.4. The molecular formula is C14H20N4O2. The van der Waals surface area contributed by atoms with Gasteiger partial charge in [0.05, 0.1) is 13.3 Å². The van der Waals surface area contributed by atoms with Crippen LogP contribution in [0.1, 0.15) is 32.1 Å². The van der Waals surface area contributed by atoms with Crippen LogP contribution in [0.2, 0.25) is 0 Å². The number of anilines is 1. The number of methoxy groups -OCH3 is 1. The monoisotopic (exact) mass is 276 g/mol. The van der Waals surface area contributed by atoms with Crippen LogP contribution in [0, 0.1) is 5.92 Å². The first-order valence-corrected chi connectivity index (χ1v) is 7.21. The van der Waals surface area contributed by atoms with E-state index in [1.54, 1.807) is 6.20 Å². The molecule has 3 rings (SSSR count). The third-order valence-corrected chi connectivity index (χ3v) is 4.36. The van der Waals surface area contributed by atoms with E-state index in [1.165, 1.54) is 32.7 Å². The van der Waals surface area contributed by atoms with Crippen LogP contribution in [0.25, 0.3) is 0 Å². The summed E-state index contributed by atoms with van der Waals surface area (Å²) in [5.41, 5.74) is 0.527. The number of nitrogens with one attached hydrogen (secondary N) is 1. The molecule has 2 fully saturated rings. The van der Waals surface area contributed by atoms with Crippen LogP contribution in [-0.2, 0) is 0 Å². The maximum atomic E-state index is 12.4. The van der Waals surface area contributed by atoms with Crippen molar-refractivity contribution in [3.63, 3.8) is 0 Å². The molecule has 1 aliphatic carbocycles. The SMILES string of the molecule is COc1ncncc1NC(=O)N1CCC[C@@H]1C1CCC1. The van der Waals surface area contributed by atoms with Gasteiger partial charge in [0.2, 0.25) is 5.88 Å². The van der Waals surface area contributed by atoms with Gasteiger partial charge in [-0.25, -0.2) is 9.78 Å². The van der Waals surface area contributed by atoms with Crippen molar-refractivity contribution in [3.05, 3.63) is 12.5 Å². The minimum absolute atomic E-state index is 0.0625. The highest BCUT2D eigenvalue weighted by molar-refractivity contribution is 5.90. The average Bonchev–Trinajstić information content (AvgIpc) is 2.86. The predicted molar refractivity (Wildman–Crippen MR) is 74.7 cm³/mol. The predicted octanol–water partition coefficient (Wildman–Crippen LogP) is 2.28. The van der Waals surface area contributed by atoms with Gasteiger partial charge in [0.1, 0.15) is 12.0 Å². The van der Waals surface area contributed by atoms with E-state index in [-0.39, 0.29) is 6.03 Å². The molecule has 0 unspecified atom stereocenters. The molecule has 2 aliphatic rings. The highest BCUT2D eigenvalue weighted by Crippen LogP contribution is 2.37. The van der Waals surface area contributed by atoms with E-state index in [4.69, 9.17) is 4.74 Å². The summed E-state index contributed by atoms with van der Waals surface area (Å²) in [5.74, 6) is 1.09. The van der Waals surface area contributed by atoms with Gasteiger partial charge in [-0.05, 0) is 31.6 Å². The summed E-state index contributed by atoms with van der Waals surface area (Å²) in [6.07, 6.45) is 9.01. The number of urea groups is 1. The molecule has 108 valence electrons. The van der Waals surface area contributed by atoms with Gasteiger partial charge in [0.25, 0.3) is 0 Å². The van der Waals surface area contributed by atoms with E-state index < -0.39 is 0 Å².